The Morgan fingerprint density at radius 3 is 2.25 bits per heavy atom. The second kappa shape index (κ2) is 6.57. The van der Waals surface area contributed by atoms with Crippen LogP contribution in [0.5, 0.6) is 0 Å². The lowest BCUT2D eigenvalue weighted by Gasteiger charge is -2.11. The van der Waals surface area contributed by atoms with E-state index in [9.17, 15) is 0 Å². The number of pyridine rings is 1. The van der Waals surface area contributed by atoms with Crippen molar-refractivity contribution < 1.29 is 0 Å². The lowest BCUT2D eigenvalue weighted by molar-refractivity contribution is 0.571. The molecule has 0 aliphatic heterocycles. The van der Waals surface area contributed by atoms with Gasteiger partial charge in [0.05, 0.1) is 24.9 Å². The van der Waals surface area contributed by atoms with Crippen molar-refractivity contribution in [2.24, 2.45) is 0 Å². The molecule has 0 N–H and O–H groups in total. The lowest BCUT2D eigenvalue weighted by atomic mass is 9.99. The second-order valence-corrected chi connectivity index (χ2v) is 8.40. The summed E-state index contributed by atoms with van der Waals surface area (Å²) < 4.78 is 2.46. The number of thiazole rings is 2. The number of hydrogen-bond donors (Lipinski definition) is 0. The molecule has 24 heavy (non-hydrogen) atoms. The third kappa shape index (κ3) is 3.06. The Kier molecular flexibility index (Phi) is 4.29. The quantitative estimate of drug-likeness (QED) is 0.442. The first-order valence-electron chi connectivity index (χ1n) is 8.27. The Hall–Kier alpha value is -1.85. The van der Waals surface area contributed by atoms with Crippen molar-refractivity contribution >= 4 is 43.2 Å². The summed E-state index contributed by atoms with van der Waals surface area (Å²) in [6.45, 7) is 4.55. The minimum Gasteiger partial charge on any atom is -0.241 e. The Morgan fingerprint density at radius 1 is 0.833 bits per heavy atom. The molecule has 0 spiro atoms. The summed E-state index contributed by atoms with van der Waals surface area (Å²) in [7, 11) is 0. The minimum absolute atomic E-state index is 0.459. The fourth-order valence-corrected chi connectivity index (χ4v) is 4.91. The molecule has 122 valence electrons. The van der Waals surface area contributed by atoms with Crippen LogP contribution < -0.4 is 0 Å². The Morgan fingerprint density at radius 2 is 1.50 bits per heavy atom. The van der Waals surface area contributed by atoms with Crippen LogP contribution in [0.4, 0.5) is 0 Å². The highest BCUT2D eigenvalue weighted by atomic mass is 32.1. The summed E-state index contributed by atoms with van der Waals surface area (Å²) in [6.07, 6.45) is 4.06. The van der Waals surface area contributed by atoms with Gasteiger partial charge in [-0.25, -0.2) is 15.0 Å². The average molecular weight is 354 g/mol. The molecule has 2 atom stereocenters. The number of nitrogens with zero attached hydrogens (tertiary/aromatic N) is 3. The zero-order chi connectivity index (χ0) is 16.5. The van der Waals surface area contributed by atoms with Crippen molar-refractivity contribution in [3.63, 3.8) is 0 Å². The summed E-state index contributed by atoms with van der Waals surface area (Å²) in [4.78, 5) is 13.8. The first-order valence-corrected chi connectivity index (χ1v) is 9.91. The SMILES string of the molecule is CC(CCC(C)c1nc2ncccc2s1)c1nc2ccccc2s1. The average Bonchev–Trinajstić information content (AvgIpc) is 3.23. The third-order valence-corrected chi connectivity index (χ3v) is 6.88. The fraction of sp³-hybridized carbons (Fsp3) is 0.316. The molecule has 5 heteroatoms. The van der Waals surface area contributed by atoms with Crippen molar-refractivity contribution in [3.05, 3.63) is 52.6 Å². The van der Waals surface area contributed by atoms with E-state index in [1.807, 2.05) is 23.6 Å². The van der Waals surface area contributed by atoms with Crippen LogP contribution in [0.25, 0.3) is 20.6 Å². The van der Waals surface area contributed by atoms with Crippen LogP contribution in [-0.4, -0.2) is 15.0 Å². The highest BCUT2D eigenvalue weighted by Crippen LogP contribution is 2.34. The molecule has 0 aliphatic carbocycles. The van der Waals surface area contributed by atoms with E-state index >= 15 is 0 Å². The van der Waals surface area contributed by atoms with Gasteiger partial charge in [-0.3, -0.25) is 0 Å². The molecule has 3 nitrogen and oxygen atoms in total. The normalized spacial score (nSPS) is 14.2. The van der Waals surface area contributed by atoms with E-state index in [4.69, 9.17) is 9.97 Å². The van der Waals surface area contributed by atoms with Gasteiger partial charge in [-0.15, -0.1) is 22.7 Å². The van der Waals surface area contributed by atoms with Gasteiger partial charge in [-0.05, 0) is 37.1 Å². The van der Waals surface area contributed by atoms with Crippen LogP contribution >= 0.6 is 22.7 Å². The van der Waals surface area contributed by atoms with Crippen molar-refractivity contribution in [2.45, 2.75) is 38.5 Å². The summed E-state index contributed by atoms with van der Waals surface area (Å²) >= 11 is 3.59. The Balaban J connectivity index is 1.45. The van der Waals surface area contributed by atoms with E-state index in [1.54, 1.807) is 11.3 Å². The van der Waals surface area contributed by atoms with E-state index in [0.29, 0.717) is 11.8 Å². The molecule has 3 heterocycles. The number of hydrogen-bond acceptors (Lipinski definition) is 5. The van der Waals surface area contributed by atoms with Gasteiger partial charge in [0, 0.05) is 18.0 Å². The molecule has 2 unspecified atom stereocenters. The van der Waals surface area contributed by atoms with Crippen molar-refractivity contribution in [2.75, 3.05) is 0 Å². The van der Waals surface area contributed by atoms with E-state index in [0.717, 1.165) is 24.0 Å². The monoisotopic (exact) mass is 353 g/mol. The van der Waals surface area contributed by atoms with Gasteiger partial charge in [0.15, 0.2) is 5.65 Å². The molecular formula is C19H19N3S2. The molecule has 0 aliphatic rings. The number of para-hydroxylation sites is 1. The number of benzene rings is 1. The molecule has 1 aromatic carbocycles. The molecule has 3 aromatic heterocycles. The van der Waals surface area contributed by atoms with Crippen LogP contribution in [0.1, 0.15) is 48.5 Å². The standard InChI is InChI=1S/C19H19N3S2/c1-12(18-21-14-6-3-4-7-15(14)23-18)9-10-13(2)19-22-17-16(24-19)8-5-11-20-17/h3-8,11-13H,9-10H2,1-2H3. The second-order valence-electron chi connectivity index (χ2n) is 6.28. The van der Waals surface area contributed by atoms with E-state index in [2.05, 4.69) is 49.2 Å². The predicted molar refractivity (Wildman–Crippen MR) is 103 cm³/mol. The molecule has 0 amide bonds. The maximum Gasteiger partial charge on any atom is 0.170 e. The first-order chi connectivity index (χ1) is 11.7. The summed E-state index contributed by atoms with van der Waals surface area (Å²) in [6, 6.07) is 12.5. The lowest BCUT2D eigenvalue weighted by Crippen LogP contribution is -1.98. The van der Waals surface area contributed by atoms with Crippen LogP contribution in [0, 0.1) is 0 Å². The zero-order valence-electron chi connectivity index (χ0n) is 13.8. The summed E-state index contributed by atoms with van der Waals surface area (Å²) in [5.74, 6) is 0.943. The van der Waals surface area contributed by atoms with E-state index < -0.39 is 0 Å². The highest BCUT2D eigenvalue weighted by Gasteiger charge is 2.16. The molecular weight excluding hydrogens is 334 g/mol. The van der Waals surface area contributed by atoms with Gasteiger partial charge < -0.3 is 0 Å². The van der Waals surface area contributed by atoms with Crippen LogP contribution in [0.15, 0.2) is 42.6 Å². The fourth-order valence-electron chi connectivity index (χ4n) is 2.84. The topological polar surface area (TPSA) is 38.7 Å². The smallest absolute Gasteiger partial charge is 0.170 e. The van der Waals surface area contributed by atoms with Gasteiger partial charge in [0.25, 0.3) is 0 Å². The minimum atomic E-state index is 0.459. The van der Waals surface area contributed by atoms with Crippen LogP contribution in [0.2, 0.25) is 0 Å². The van der Waals surface area contributed by atoms with E-state index in [-0.39, 0.29) is 0 Å². The Bertz CT molecular complexity index is 827. The highest BCUT2D eigenvalue weighted by molar-refractivity contribution is 7.18. The Labute approximate surface area is 149 Å². The maximum atomic E-state index is 4.79. The van der Waals surface area contributed by atoms with Crippen LogP contribution in [0.3, 0.4) is 0 Å². The van der Waals surface area contributed by atoms with Crippen LogP contribution in [-0.2, 0) is 0 Å². The maximum absolute atomic E-state index is 4.79. The number of aromatic nitrogens is 3. The third-order valence-electron chi connectivity index (χ3n) is 4.37. The van der Waals surface area contributed by atoms with Crippen molar-refractivity contribution in [1.82, 2.24) is 15.0 Å². The molecule has 4 aromatic rings. The first kappa shape index (κ1) is 15.7. The number of rotatable bonds is 5. The van der Waals surface area contributed by atoms with Gasteiger partial charge in [0.2, 0.25) is 0 Å². The van der Waals surface area contributed by atoms with Gasteiger partial charge in [-0.1, -0.05) is 26.0 Å². The largest absolute Gasteiger partial charge is 0.241 e. The van der Waals surface area contributed by atoms with Gasteiger partial charge in [-0.2, -0.15) is 0 Å². The molecule has 0 saturated carbocycles. The molecule has 0 fully saturated rings. The van der Waals surface area contributed by atoms with Crippen molar-refractivity contribution in [1.29, 1.82) is 0 Å². The zero-order valence-corrected chi connectivity index (χ0v) is 15.4. The number of fused-ring (bicyclic) bond motifs is 2. The molecule has 0 bridgehead atoms. The van der Waals surface area contributed by atoms with Gasteiger partial charge >= 0.3 is 0 Å². The molecule has 4 rings (SSSR count). The summed E-state index contributed by atoms with van der Waals surface area (Å²) in [5, 5.41) is 2.44. The molecule has 0 saturated heterocycles. The molecule has 0 radical (unpaired) electrons. The predicted octanol–water partition coefficient (Wildman–Crippen LogP) is 5.99. The van der Waals surface area contributed by atoms with Crippen molar-refractivity contribution in [3.8, 4) is 0 Å². The van der Waals surface area contributed by atoms with E-state index in [1.165, 1.54) is 19.4 Å². The van der Waals surface area contributed by atoms with Gasteiger partial charge in [0.1, 0.15) is 0 Å². The summed E-state index contributed by atoms with van der Waals surface area (Å²) in [5.41, 5.74) is 2.00.